The van der Waals surface area contributed by atoms with Gasteiger partial charge >= 0.3 is 5.97 Å². The van der Waals surface area contributed by atoms with Gasteiger partial charge in [0.05, 0.1) is 13.7 Å². The van der Waals surface area contributed by atoms with Crippen molar-refractivity contribution < 1.29 is 14.3 Å². The first-order valence-electron chi connectivity index (χ1n) is 8.57. The van der Waals surface area contributed by atoms with Crippen LogP contribution in [0.15, 0.2) is 18.2 Å². The van der Waals surface area contributed by atoms with Crippen molar-refractivity contribution in [3.05, 3.63) is 29.3 Å². The fraction of sp³-hybridized carbons (Fsp3) is 0.632. The van der Waals surface area contributed by atoms with Gasteiger partial charge in [0.25, 0.3) is 0 Å². The minimum absolute atomic E-state index is 0.0998. The van der Waals surface area contributed by atoms with Crippen LogP contribution in [0.2, 0.25) is 0 Å². The van der Waals surface area contributed by atoms with E-state index in [-0.39, 0.29) is 5.97 Å². The van der Waals surface area contributed by atoms with Crippen LogP contribution in [0, 0.1) is 6.92 Å². The van der Waals surface area contributed by atoms with Gasteiger partial charge in [-0.05, 0) is 70.0 Å². The number of hydrogen-bond donors (Lipinski definition) is 0. The van der Waals surface area contributed by atoms with Gasteiger partial charge in [0.1, 0.15) is 5.75 Å². The number of carbonyl (C=O) groups excluding carboxylic acids is 1. The summed E-state index contributed by atoms with van der Waals surface area (Å²) in [5, 5.41) is 0. The molecule has 0 saturated carbocycles. The summed E-state index contributed by atoms with van der Waals surface area (Å²) < 4.78 is 10.3. The summed E-state index contributed by atoms with van der Waals surface area (Å²) in [6.07, 6.45) is 2.42. The maximum absolute atomic E-state index is 11.5. The summed E-state index contributed by atoms with van der Waals surface area (Å²) in [7, 11) is 1.69. The van der Waals surface area contributed by atoms with Crippen LogP contribution in [0.3, 0.4) is 0 Å². The fourth-order valence-corrected chi connectivity index (χ4v) is 2.89. The molecule has 0 N–H and O–H groups in total. The summed E-state index contributed by atoms with van der Waals surface area (Å²) in [5.41, 5.74) is 2.55. The van der Waals surface area contributed by atoms with Crippen LogP contribution in [0.4, 0.5) is 0 Å². The maximum atomic E-state index is 11.5. The van der Waals surface area contributed by atoms with E-state index in [2.05, 4.69) is 37.8 Å². The van der Waals surface area contributed by atoms with E-state index in [0.717, 1.165) is 31.7 Å². The van der Waals surface area contributed by atoms with Gasteiger partial charge in [-0.15, -0.1) is 0 Å². The Balaban J connectivity index is 2.70. The first-order valence-corrected chi connectivity index (χ1v) is 8.57. The van der Waals surface area contributed by atoms with Crippen molar-refractivity contribution in [1.82, 2.24) is 4.90 Å². The van der Waals surface area contributed by atoms with Crippen LogP contribution >= 0.6 is 0 Å². The predicted molar refractivity (Wildman–Crippen MR) is 93.9 cm³/mol. The van der Waals surface area contributed by atoms with Crippen molar-refractivity contribution in [3.63, 3.8) is 0 Å². The second kappa shape index (κ2) is 10.3. The lowest BCUT2D eigenvalue weighted by Crippen LogP contribution is -2.30. The molecule has 130 valence electrons. The SMILES string of the molecule is CCCN(CCCC(=O)OCC)C(C)c1ccc(OC)cc1C. The van der Waals surface area contributed by atoms with Gasteiger partial charge in [-0.25, -0.2) is 0 Å². The van der Waals surface area contributed by atoms with Crippen LogP contribution < -0.4 is 4.74 Å². The number of esters is 1. The molecule has 0 heterocycles. The summed E-state index contributed by atoms with van der Waals surface area (Å²) >= 11 is 0. The normalized spacial score (nSPS) is 12.3. The number of ether oxygens (including phenoxy) is 2. The fourth-order valence-electron chi connectivity index (χ4n) is 2.89. The molecule has 0 aliphatic rings. The van der Waals surface area contributed by atoms with Gasteiger partial charge in [-0.2, -0.15) is 0 Å². The molecule has 1 atom stereocenters. The molecule has 0 spiro atoms. The maximum Gasteiger partial charge on any atom is 0.305 e. The number of hydrogen-bond acceptors (Lipinski definition) is 4. The molecular weight excluding hydrogens is 290 g/mol. The summed E-state index contributed by atoms with van der Waals surface area (Å²) in [5.74, 6) is 0.792. The average molecular weight is 321 g/mol. The molecule has 1 rings (SSSR count). The zero-order valence-corrected chi connectivity index (χ0v) is 15.2. The summed E-state index contributed by atoms with van der Waals surface area (Å²) in [6.45, 7) is 10.8. The molecule has 4 heteroatoms. The highest BCUT2D eigenvalue weighted by atomic mass is 16.5. The third kappa shape index (κ3) is 6.22. The van der Waals surface area contributed by atoms with Gasteiger partial charge in [-0.1, -0.05) is 13.0 Å². The van der Waals surface area contributed by atoms with E-state index in [9.17, 15) is 4.79 Å². The molecule has 0 aliphatic heterocycles. The minimum atomic E-state index is -0.0998. The zero-order valence-electron chi connectivity index (χ0n) is 15.2. The van der Waals surface area contributed by atoms with E-state index < -0.39 is 0 Å². The highest BCUT2D eigenvalue weighted by molar-refractivity contribution is 5.69. The Morgan fingerprint density at radius 3 is 2.57 bits per heavy atom. The number of aryl methyl sites for hydroxylation is 1. The van der Waals surface area contributed by atoms with Gasteiger partial charge in [0.2, 0.25) is 0 Å². The Hall–Kier alpha value is -1.55. The highest BCUT2D eigenvalue weighted by Gasteiger charge is 2.17. The van der Waals surface area contributed by atoms with E-state index in [1.165, 1.54) is 11.1 Å². The van der Waals surface area contributed by atoms with Crippen molar-refractivity contribution in [2.75, 3.05) is 26.8 Å². The Kier molecular flexibility index (Phi) is 8.70. The van der Waals surface area contributed by atoms with E-state index >= 15 is 0 Å². The number of nitrogens with zero attached hydrogens (tertiary/aromatic N) is 1. The lowest BCUT2D eigenvalue weighted by molar-refractivity contribution is -0.143. The molecule has 0 amide bonds. The van der Waals surface area contributed by atoms with Crippen molar-refractivity contribution in [2.45, 2.75) is 53.0 Å². The van der Waals surface area contributed by atoms with Crippen molar-refractivity contribution >= 4 is 5.97 Å². The van der Waals surface area contributed by atoms with E-state index in [1.54, 1.807) is 7.11 Å². The first kappa shape index (κ1) is 19.5. The van der Waals surface area contributed by atoms with Crippen LogP contribution in [0.1, 0.15) is 57.2 Å². The van der Waals surface area contributed by atoms with Crippen molar-refractivity contribution in [2.24, 2.45) is 0 Å². The zero-order chi connectivity index (χ0) is 17.2. The van der Waals surface area contributed by atoms with Crippen LogP contribution in [0.5, 0.6) is 5.75 Å². The minimum Gasteiger partial charge on any atom is -0.497 e. The lowest BCUT2D eigenvalue weighted by Gasteiger charge is -2.30. The number of carbonyl (C=O) groups is 1. The van der Waals surface area contributed by atoms with Crippen LogP contribution in [-0.4, -0.2) is 37.7 Å². The molecule has 1 aromatic rings. The van der Waals surface area contributed by atoms with Crippen molar-refractivity contribution in [3.8, 4) is 5.75 Å². The third-order valence-electron chi connectivity index (χ3n) is 4.12. The molecule has 1 unspecified atom stereocenters. The molecule has 0 bridgehead atoms. The molecule has 0 saturated heterocycles. The number of benzene rings is 1. The van der Waals surface area contributed by atoms with E-state index in [4.69, 9.17) is 9.47 Å². The summed E-state index contributed by atoms with van der Waals surface area (Å²) in [6, 6.07) is 6.56. The quantitative estimate of drug-likeness (QED) is 0.608. The molecule has 0 aliphatic carbocycles. The van der Waals surface area contributed by atoms with Gasteiger partial charge in [-0.3, -0.25) is 9.69 Å². The van der Waals surface area contributed by atoms with Gasteiger partial charge in [0.15, 0.2) is 0 Å². The van der Waals surface area contributed by atoms with Crippen molar-refractivity contribution in [1.29, 1.82) is 0 Å². The Labute approximate surface area is 140 Å². The van der Waals surface area contributed by atoms with Gasteiger partial charge in [0, 0.05) is 12.5 Å². The smallest absolute Gasteiger partial charge is 0.305 e. The molecule has 4 nitrogen and oxygen atoms in total. The van der Waals surface area contributed by atoms with E-state index in [0.29, 0.717) is 19.1 Å². The molecule has 1 aromatic carbocycles. The topological polar surface area (TPSA) is 38.8 Å². The second-order valence-corrected chi connectivity index (χ2v) is 5.84. The van der Waals surface area contributed by atoms with Crippen LogP contribution in [-0.2, 0) is 9.53 Å². The monoisotopic (exact) mass is 321 g/mol. The molecule has 23 heavy (non-hydrogen) atoms. The molecule has 0 aromatic heterocycles. The molecular formula is C19H31NO3. The predicted octanol–water partition coefficient (Wildman–Crippen LogP) is 4.12. The molecule has 0 fully saturated rings. The number of methoxy groups -OCH3 is 1. The Bertz CT molecular complexity index is 488. The highest BCUT2D eigenvalue weighted by Crippen LogP contribution is 2.27. The largest absolute Gasteiger partial charge is 0.497 e. The third-order valence-corrected chi connectivity index (χ3v) is 4.12. The summed E-state index contributed by atoms with van der Waals surface area (Å²) in [4.78, 5) is 13.9. The molecule has 0 radical (unpaired) electrons. The second-order valence-electron chi connectivity index (χ2n) is 5.84. The van der Waals surface area contributed by atoms with E-state index in [1.807, 2.05) is 13.0 Å². The first-order chi connectivity index (χ1) is 11.0. The lowest BCUT2D eigenvalue weighted by atomic mass is 10.0. The number of rotatable bonds is 10. The Morgan fingerprint density at radius 2 is 2.00 bits per heavy atom. The van der Waals surface area contributed by atoms with Crippen LogP contribution in [0.25, 0.3) is 0 Å². The standard InChI is InChI=1S/C19H31NO3/c1-6-12-20(13-8-9-19(21)23-7-2)16(4)18-11-10-17(22-5)14-15(18)3/h10-11,14,16H,6-9,12-13H2,1-5H3. The Morgan fingerprint density at radius 1 is 1.26 bits per heavy atom. The van der Waals surface area contributed by atoms with Gasteiger partial charge < -0.3 is 9.47 Å². The average Bonchev–Trinajstić information content (AvgIpc) is 2.53.